The lowest BCUT2D eigenvalue weighted by atomic mass is 10.1. The minimum absolute atomic E-state index is 0.0113. The summed E-state index contributed by atoms with van der Waals surface area (Å²) in [6.07, 6.45) is 0. The van der Waals surface area contributed by atoms with Crippen LogP contribution in [0, 0.1) is 5.92 Å². The molecule has 1 rings (SSSR count). The van der Waals surface area contributed by atoms with Crippen LogP contribution in [0.2, 0.25) is 0 Å². The van der Waals surface area contributed by atoms with E-state index >= 15 is 0 Å². The molecule has 100 valence electrons. The highest BCUT2D eigenvalue weighted by Crippen LogP contribution is 2.16. The number of rotatable bonds is 5. The van der Waals surface area contributed by atoms with Crippen LogP contribution in [0.1, 0.15) is 31.1 Å². The molecule has 0 aliphatic carbocycles. The van der Waals surface area contributed by atoms with E-state index in [0.717, 1.165) is 0 Å². The molecule has 0 aliphatic heterocycles. The standard InChI is InChI=1S/C13H17F2NO2/c1-8(2)9(3)16-12(17)10-5-4-6-11(7-10)18-13(14)15/h4-9,13H,1-3H3,(H,16,17). The highest BCUT2D eigenvalue weighted by molar-refractivity contribution is 5.94. The molecule has 0 saturated carbocycles. The first-order valence-corrected chi connectivity index (χ1v) is 5.76. The Labute approximate surface area is 105 Å². The van der Waals surface area contributed by atoms with Gasteiger partial charge < -0.3 is 10.1 Å². The lowest BCUT2D eigenvalue weighted by Gasteiger charge is -2.17. The molecular formula is C13H17F2NO2. The largest absolute Gasteiger partial charge is 0.435 e. The Morgan fingerprint density at radius 2 is 1.94 bits per heavy atom. The smallest absolute Gasteiger partial charge is 0.387 e. The molecule has 1 atom stereocenters. The normalized spacial score (nSPS) is 12.6. The molecule has 5 heteroatoms. The number of hydrogen-bond acceptors (Lipinski definition) is 2. The van der Waals surface area contributed by atoms with E-state index in [0.29, 0.717) is 11.5 Å². The van der Waals surface area contributed by atoms with E-state index in [1.165, 1.54) is 18.2 Å². The topological polar surface area (TPSA) is 38.3 Å². The number of carbonyl (C=O) groups excluding carboxylic acids is 1. The molecule has 0 spiro atoms. The molecule has 1 amide bonds. The molecule has 0 bridgehead atoms. The van der Waals surface area contributed by atoms with Gasteiger partial charge in [-0.3, -0.25) is 4.79 Å². The predicted octanol–water partition coefficient (Wildman–Crippen LogP) is 3.06. The van der Waals surface area contributed by atoms with Crippen LogP contribution in [0.3, 0.4) is 0 Å². The summed E-state index contributed by atoms with van der Waals surface area (Å²) in [5.74, 6) is -0.0137. The Hall–Kier alpha value is -1.65. The Kier molecular flexibility index (Phi) is 5.07. The van der Waals surface area contributed by atoms with Crippen molar-refractivity contribution in [1.29, 1.82) is 0 Å². The van der Waals surface area contributed by atoms with Crippen LogP contribution >= 0.6 is 0 Å². The number of halogens is 2. The van der Waals surface area contributed by atoms with E-state index in [9.17, 15) is 13.6 Å². The van der Waals surface area contributed by atoms with E-state index in [2.05, 4.69) is 10.1 Å². The minimum atomic E-state index is -2.89. The van der Waals surface area contributed by atoms with Crippen LogP contribution in [0.5, 0.6) is 5.75 Å². The molecule has 0 aromatic heterocycles. The predicted molar refractivity (Wildman–Crippen MR) is 64.8 cm³/mol. The number of benzene rings is 1. The van der Waals surface area contributed by atoms with Crippen molar-refractivity contribution in [3.8, 4) is 5.75 Å². The van der Waals surface area contributed by atoms with Gasteiger partial charge in [-0.25, -0.2) is 0 Å². The van der Waals surface area contributed by atoms with Crippen molar-refractivity contribution < 1.29 is 18.3 Å². The molecule has 0 aliphatic rings. The van der Waals surface area contributed by atoms with Gasteiger partial charge in [0, 0.05) is 11.6 Å². The third-order valence-corrected chi connectivity index (χ3v) is 2.68. The number of hydrogen-bond donors (Lipinski definition) is 1. The molecule has 1 N–H and O–H groups in total. The van der Waals surface area contributed by atoms with Crippen LogP contribution in [0.4, 0.5) is 8.78 Å². The molecule has 0 saturated heterocycles. The second kappa shape index (κ2) is 6.33. The zero-order valence-corrected chi connectivity index (χ0v) is 10.6. The van der Waals surface area contributed by atoms with E-state index < -0.39 is 6.61 Å². The van der Waals surface area contributed by atoms with Gasteiger partial charge in [0.15, 0.2) is 0 Å². The molecule has 1 aromatic rings. The van der Waals surface area contributed by atoms with Gasteiger partial charge in [-0.05, 0) is 31.0 Å². The fraction of sp³-hybridized carbons (Fsp3) is 0.462. The van der Waals surface area contributed by atoms with Gasteiger partial charge in [0.05, 0.1) is 0 Å². The van der Waals surface area contributed by atoms with Crippen LogP contribution in [-0.4, -0.2) is 18.6 Å². The lowest BCUT2D eigenvalue weighted by Crippen LogP contribution is -2.36. The third kappa shape index (κ3) is 4.31. The Balaban J connectivity index is 2.74. The van der Waals surface area contributed by atoms with Gasteiger partial charge in [0.2, 0.25) is 0 Å². The summed E-state index contributed by atoms with van der Waals surface area (Å²) >= 11 is 0. The minimum Gasteiger partial charge on any atom is -0.435 e. The van der Waals surface area contributed by atoms with Gasteiger partial charge >= 0.3 is 6.61 Å². The molecule has 0 fully saturated rings. The molecule has 18 heavy (non-hydrogen) atoms. The fourth-order valence-corrected chi connectivity index (χ4v) is 1.27. The van der Waals surface area contributed by atoms with Gasteiger partial charge in [-0.2, -0.15) is 8.78 Å². The number of carbonyl (C=O) groups is 1. The first-order valence-electron chi connectivity index (χ1n) is 5.76. The van der Waals surface area contributed by atoms with Crippen molar-refractivity contribution in [1.82, 2.24) is 5.32 Å². The number of nitrogens with one attached hydrogen (secondary N) is 1. The lowest BCUT2D eigenvalue weighted by molar-refractivity contribution is -0.0498. The van der Waals surface area contributed by atoms with E-state index in [4.69, 9.17) is 0 Å². The van der Waals surface area contributed by atoms with E-state index in [1.54, 1.807) is 6.07 Å². The van der Waals surface area contributed by atoms with Gasteiger partial charge in [-0.15, -0.1) is 0 Å². The molecular weight excluding hydrogens is 240 g/mol. The molecule has 0 heterocycles. The van der Waals surface area contributed by atoms with Crippen LogP contribution < -0.4 is 10.1 Å². The maximum Gasteiger partial charge on any atom is 0.387 e. The second-order valence-electron chi connectivity index (χ2n) is 4.41. The van der Waals surface area contributed by atoms with Gasteiger partial charge in [-0.1, -0.05) is 19.9 Å². The van der Waals surface area contributed by atoms with Crippen LogP contribution in [-0.2, 0) is 0 Å². The fourth-order valence-electron chi connectivity index (χ4n) is 1.27. The molecule has 0 radical (unpaired) electrons. The first kappa shape index (κ1) is 14.4. The summed E-state index contributed by atoms with van der Waals surface area (Å²) < 4.78 is 28.3. The number of alkyl halides is 2. The maximum atomic E-state index is 12.0. The van der Waals surface area contributed by atoms with Gasteiger partial charge in [0.1, 0.15) is 5.75 Å². The average molecular weight is 257 g/mol. The van der Waals surface area contributed by atoms with Crippen LogP contribution in [0.15, 0.2) is 24.3 Å². The summed E-state index contributed by atoms with van der Waals surface area (Å²) in [7, 11) is 0. The Bertz CT molecular complexity index is 408. The SMILES string of the molecule is CC(C)C(C)NC(=O)c1cccc(OC(F)F)c1. The van der Waals surface area contributed by atoms with Crippen LogP contribution in [0.25, 0.3) is 0 Å². The summed E-state index contributed by atoms with van der Waals surface area (Å²) in [4.78, 5) is 11.8. The van der Waals surface area contributed by atoms with Crippen molar-refractivity contribution >= 4 is 5.91 Å². The third-order valence-electron chi connectivity index (χ3n) is 2.68. The monoisotopic (exact) mass is 257 g/mol. The van der Waals surface area contributed by atoms with E-state index in [-0.39, 0.29) is 17.7 Å². The summed E-state index contributed by atoms with van der Waals surface area (Å²) in [6, 6.07) is 5.76. The van der Waals surface area contributed by atoms with Gasteiger partial charge in [0.25, 0.3) is 5.91 Å². The highest BCUT2D eigenvalue weighted by atomic mass is 19.3. The number of ether oxygens (including phenoxy) is 1. The zero-order valence-electron chi connectivity index (χ0n) is 10.6. The van der Waals surface area contributed by atoms with Crippen molar-refractivity contribution in [3.63, 3.8) is 0 Å². The Morgan fingerprint density at radius 1 is 1.28 bits per heavy atom. The summed E-state index contributed by atoms with van der Waals surface area (Å²) in [5, 5.41) is 2.79. The molecule has 1 unspecified atom stereocenters. The van der Waals surface area contributed by atoms with E-state index in [1.807, 2.05) is 20.8 Å². The summed E-state index contributed by atoms with van der Waals surface area (Å²) in [6.45, 7) is 2.97. The maximum absolute atomic E-state index is 12.0. The number of amides is 1. The van der Waals surface area contributed by atoms with Crippen molar-refractivity contribution in [2.24, 2.45) is 5.92 Å². The molecule has 1 aromatic carbocycles. The molecule has 3 nitrogen and oxygen atoms in total. The quantitative estimate of drug-likeness (QED) is 0.880. The van der Waals surface area contributed by atoms with Crippen molar-refractivity contribution in [2.45, 2.75) is 33.4 Å². The van der Waals surface area contributed by atoms with Crippen molar-refractivity contribution in [3.05, 3.63) is 29.8 Å². The Morgan fingerprint density at radius 3 is 2.50 bits per heavy atom. The summed E-state index contributed by atoms with van der Waals surface area (Å²) in [5.41, 5.74) is 0.306. The second-order valence-corrected chi connectivity index (χ2v) is 4.41. The first-order chi connectivity index (χ1) is 8.40. The average Bonchev–Trinajstić information content (AvgIpc) is 2.28. The zero-order chi connectivity index (χ0) is 13.7. The highest BCUT2D eigenvalue weighted by Gasteiger charge is 2.13. The van der Waals surface area contributed by atoms with Crippen molar-refractivity contribution in [2.75, 3.05) is 0 Å².